The van der Waals surface area contributed by atoms with Crippen molar-refractivity contribution in [2.45, 2.75) is 18.9 Å². The molecule has 0 unspecified atom stereocenters. The standard InChI is InChI=1S/C15H17Cl2N5/c1-21(15-19-9-12(17)10-20-15)13-4-6-22(7-5-13)14-3-2-11(16)8-18-14/h2-3,8-10,13H,4-7H2,1H3. The summed E-state index contributed by atoms with van der Waals surface area (Å²) in [6.07, 6.45) is 7.02. The van der Waals surface area contributed by atoms with Gasteiger partial charge in [0, 0.05) is 32.4 Å². The van der Waals surface area contributed by atoms with E-state index in [0.29, 0.717) is 22.0 Å². The molecule has 0 spiro atoms. The van der Waals surface area contributed by atoms with E-state index in [0.717, 1.165) is 31.7 Å². The van der Waals surface area contributed by atoms with Crippen molar-refractivity contribution in [3.63, 3.8) is 0 Å². The smallest absolute Gasteiger partial charge is 0.225 e. The van der Waals surface area contributed by atoms with Crippen LogP contribution in [0.2, 0.25) is 10.0 Å². The Hall–Kier alpha value is -1.59. The Labute approximate surface area is 139 Å². The molecule has 22 heavy (non-hydrogen) atoms. The number of piperidine rings is 1. The summed E-state index contributed by atoms with van der Waals surface area (Å²) in [7, 11) is 2.03. The summed E-state index contributed by atoms with van der Waals surface area (Å²) in [6.45, 7) is 1.91. The molecule has 2 aromatic heterocycles. The molecule has 1 aliphatic heterocycles. The van der Waals surface area contributed by atoms with Gasteiger partial charge in [0.05, 0.1) is 22.4 Å². The van der Waals surface area contributed by atoms with E-state index in [1.165, 1.54) is 0 Å². The van der Waals surface area contributed by atoms with Crippen LogP contribution in [-0.4, -0.2) is 41.1 Å². The number of hydrogen-bond donors (Lipinski definition) is 0. The van der Waals surface area contributed by atoms with Gasteiger partial charge in [-0.1, -0.05) is 23.2 Å². The number of pyridine rings is 1. The first-order valence-corrected chi connectivity index (χ1v) is 7.96. The molecular weight excluding hydrogens is 321 g/mol. The normalized spacial score (nSPS) is 15.9. The van der Waals surface area contributed by atoms with Gasteiger partial charge in [-0.3, -0.25) is 0 Å². The van der Waals surface area contributed by atoms with Crippen LogP contribution in [0.25, 0.3) is 0 Å². The molecule has 1 aliphatic rings. The highest BCUT2D eigenvalue weighted by atomic mass is 35.5. The first-order valence-electron chi connectivity index (χ1n) is 7.20. The summed E-state index contributed by atoms with van der Waals surface area (Å²) >= 11 is 11.7. The van der Waals surface area contributed by atoms with Crippen LogP contribution in [-0.2, 0) is 0 Å². The van der Waals surface area contributed by atoms with E-state index < -0.39 is 0 Å². The molecule has 0 aliphatic carbocycles. The lowest BCUT2D eigenvalue weighted by molar-refractivity contribution is 0.475. The first kappa shape index (κ1) is 15.3. The fourth-order valence-corrected chi connectivity index (χ4v) is 2.90. The third kappa shape index (κ3) is 3.42. The van der Waals surface area contributed by atoms with Gasteiger partial charge in [0.1, 0.15) is 5.82 Å². The lowest BCUT2D eigenvalue weighted by atomic mass is 10.0. The number of nitrogens with zero attached hydrogens (tertiary/aromatic N) is 5. The van der Waals surface area contributed by atoms with Crippen molar-refractivity contribution in [3.05, 3.63) is 40.8 Å². The molecule has 0 bridgehead atoms. The van der Waals surface area contributed by atoms with E-state index >= 15 is 0 Å². The summed E-state index contributed by atoms with van der Waals surface area (Å²) in [5, 5.41) is 1.22. The summed E-state index contributed by atoms with van der Waals surface area (Å²) in [5.41, 5.74) is 0. The number of aromatic nitrogens is 3. The van der Waals surface area contributed by atoms with Crippen molar-refractivity contribution in [2.24, 2.45) is 0 Å². The second kappa shape index (κ2) is 6.67. The molecular formula is C15H17Cl2N5. The monoisotopic (exact) mass is 337 g/mol. The van der Waals surface area contributed by atoms with E-state index in [-0.39, 0.29) is 0 Å². The number of anilines is 2. The molecule has 0 saturated carbocycles. The van der Waals surface area contributed by atoms with Crippen LogP contribution in [0.4, 0.5) is 11.8 Å². The Balaban J connectivity index is 1.61. The third-order valence-corrected chi connectivity index (χ3v) is 4.39. The number of rotatable bonds is 3. The van der Waals surface area contributed by atoms with Gasteiger partial charge in [-0.15, -0.1) is 0 Å². The molecule has 7 heteroatoms. The van der Waals surface area contributed by atoms with Crippen molar-refractivity contribution < 1.29 is 0 Å². The highest BCUT2D eigenvalue weighted by Crippen LogP contribution is 2.23. The van der Waals surface area contributed by atoms with Gasteiger partial charge in [0.25, 0.3) is 0 Å². The van der Waals surface area contributed by atoms with Crippen LogP contribution >= 0.6 is 23.2 Å². The first-order chi connectivity index (χ1) is 10.6. The summed E-state index contributed by atoms with van der Waals surface area (Å²) < 4.78 is 0. The summed E-state index contributed by atoms with van der Waals surface area (Å²) in [6, 6.07) is 4.27. The van der Waals surface area contributed by atoms with Gasteiger partial charge in [-0.05, 0) is 25.0 Å². The molecule has 0 atom stereocenters. The van der Waals surface area contributed by atoms with Crippen molar-refractivity contribution in [1.29, 1.82) is 0 Å². The van der Waals surface area contributed by atoms with Gasteiger partial charge in [-0.2, -0.15) is 0 Å². The number of hydrogen-bond acceptors (Lipinski definition) is 5. The minimum atomic E-state index is 0.421. The molecule has 1 fully saturated rings. The van der Waals surface area contributed by atoms with E-state index in [2.05, 4.69) is 24.8 Å². The molecule has 3 rings (SSSR count). The van der Waals surface area contributed by atoms with Crippen LogP contribution in [0.1, 0.15) is 12.8 Å². The largest absolute Gasteiger partial charge is 0.356 e. The average Bonchev–Trinajstić information content (AvgIpc) is 2.56. The van der Waals surface area contributed by atoms with Crippen LogP contribution in [0, 0.1) is 0 Å². The molecule has 5 nitrogen and oxygen atoms in total. The van der Waals surface area contributed by atoms with Gasteiger partial charge >= 0.3 is 0 Å². The SMILES string of the molecule is CN(c1ncc(Cl)cn1)C1CCN(c2ccc(Cl)cn2)CC1. The zero-order valence-electron chi connectivity index (χ0n) is 12.3. The summed E-state index contributed by atoms with van der Waals surface area (Å²) in [5.74, 6) is 1.70. The molecule has 2 aromatic rings. The highest BCUT2D eigenvalue weighted by Gasteiger charge is 2.24. The lowest BCUT2D eigenvalue weighted by Gasteiger charge is -2.37. The second-order valence-electron chi connectivity index (χ2n) is 5.37. The fraction of sp³-hybridized carbons (Fsp3) is 0.400. The quantitative estimate of drug-likeness (QED) is 0.859. The van der Waals surface area contributed by atoms with E-state index in [9.17, 15) is 0 Å². The predicted octanol–water partition coefficient (Wildman–Crippen LogP) is 3.28. The molecule has 0 radical (unpaired) electrons. The Morgan fingerprint density at radius 2 is 1.64 bits per heavy atom. The number of halogens is 2. The fourth-order valence-electron chi connectivity index (χ4n) is 2.69. The maximum atomic E-state index is 5.88. The average molecular weight is 338 g/mol. The van der Waals surface area contributed by atoms with Crippen LogP contribution < -0.4 is 9.80 Å². The van der Waals surface area contributed by atoms with Crippen molar-refractivity contribution in [1.82, 2.24) is 15.0 Å². The zero-order chi connectivity index (χ0) is 15.5. The Bertz CT molecular complexity index is 609. The Kier molecular flexibility index (Phi) is 4.64. The van der Waals surface area contributed by atoms with Gasteiger partial charge in [0.2, 0.25) is 5.95 Å². The van der Waals surface area contributed by atoms with Crippen LogP contribution in [0.15, 0.2) is 30.7 Å². The Morgan fingerprint density at radius 3 is 2.23 bits per heavy atom. The molecule has 0 aromatic carbocycles. The predicted molar refractivity (Wildman–Crippen MR) is 89.9 cm³/mol. The molecule has 116 valence electrons. The van der Waals surface area contributed by atoms with Crippen molar-refractivity contribution in [2.75, 3.05) is 29.9 Å². The highest BCUT2D eigenvalue weighted by molar-refractivity contribution is 6.30. The molecule has 3 heterocycles. The molecule has 0 N–H and O–H groups in total. The molecule has 0 amide bonds. The van der Waals surface area contributed by atoms with E-state index in [1.807, 2.05) is 19.2 Å². The van der Waals surface area contributed by atoms with Crippen molar-refractivity contribution >= 4 is 35.0 Å². The van der Waals surface area contributed by atoms with E-state index in [4.69, 9.17) is 23.2 Å². The van der Waals surface area contributed by atoms with Crippen molar-refractivity contribution in [3.8, 4) is 0 Å². The Morgan fingerprint density at radius 1 is 1.00 bits per heavy atom. The van der Waals surface area contributed by atoms with Gasteiger partial charge in [-0.25, -0.2) is 15.0 Å². The maximum Gasteiger partial charge on any atom is 0.225 e. The van der Waals surface area contributed by atoms with E-state index in [1.54, 1.807) is 18.6 Å². The molecule has 1 saturated heterocycles. The second-order valence-corrected chi connectivity index (χ2v) is 6.24. The summed E-state index contributed by atoms with van der Waals surface area (Å²) in [4.78, 5) is 17.4. The maximum absolute atomic E-state index is 5.88. The lowest BCUT2D eigenvalue weighted by Crippen LogP contribution is -2.44. The van der Waals surface area contributed by atoms with Gasteiger partial charge < -0.3 is 9.80 Å². The topological polar surface area (TPSA) is 45.2 Å². The third-order valence-electron chi connectivity index (χ3n) is 3.97. The van der Waals surface area contributed by atoms with Gasteiger partial charge in [0.15, 0.2) is 0 Å². The minimum Gasteiger partial charge on any atom is -0.356 e. The minimum absolute atomic E-state index is 0.421. The zero-order valence-corrected chi connectivity index (χ0v) is 13.8. The van der Waals surface area contributed by atoms with Crippen LogP contribution in [0.5, 0.6) is 0 Å². The van der Waals surface area contributed by atoms with Crippen LogP contribution in [0.3, 0.4) is 0 Å².